The lowest BCUT2D eigenvalue weighted by atomic mass is 9.55. The molecule has 0 amide bonds. The molecule has 3 aliphatic rings. The molecule has 3 aliphatic carbocycles. The van der Waals surface area contributed by atoms with Gasteiger partial charge in [-0.3, -0.25) is 9.59 Å². The van der Waals surface area contributed by atoms with E-state index in [2.05, 4.69) is 0 Å². The van der Waals surface area contributed by atoms with Crippen molar-refractivity contribution < 1.29 is 50.1 Å². The first-order chi connectivity index (χ1) is 16.4. The first-order valence-corrected chi connectivity index (χ1v) is 10.6. The van der Waals surface area contributed by atoms with Crippen molar-refractivity contribution in [3.8, 4) is 16.9 Å². The molecule has 3 atom stereocenters. The number of aliphatic hydroxyl groups excluding tert-OH is 2. The predicted octanol–water partition coefficient (Wildman–Crippen LogP) is 0.920. The fraction of sp³-hybridized carbons (Fsp3) is 0.240. The van der Waals surface area contributed by atoms with Crippen LogP contribution in [0.15, 0.2) is 59.4 Å². The number of carboxylic acid groups (broad SMARTS) is 1. The van der Waals surface area contributed by atoms with Crippen LogP contribution in [-0.4, -0.2) is 70.1 Å². The SMILES string of the molecule is O=C(O)C1=C(O)C2(O)C(=O)C3=C(O)c4c(O)ccc(-c5ccccc5)c4CC3(O)CC2(O)CC1=O. The zero-order valence-electron chi connectivity index (χ0n) is 18.0. The first-order valence-electron chi connectivity index (χ1n) is 10.6. The van der Waals surface area contributed by atoms with Crippen LogP contribution in [0.3, 0.4) is 0 Å². The van der Waals surface area contributed by atoms with Gasteiger partial charge in [-0.25, -0.2) is 4.79 Å². The number of aromatic hydroxyl groups is 1. The van der Waals surface area contributed by atoms with Gasteiger partial charge in [0.25, 0.3) is 0 Å². The minimum Gasteiger partial charge on any atom is -0.508 e. The van der Waals surface area contributed by atoms with Gasteiger partial charge >= 0.3 is 5.97 Å². The average Bonchev–Trinajstić information content (AvgIpc) is 2.76. The molecule has 0 radical (unpaired) electrons. The molecule has 0 heterocycles. The Kier molecular flexibility index (Phi) is 4.57. The van der Waals surface area contributed by atoms with Gasteiger partial charge in [0.15, 0.2) is 11.5 Å². The van der Waals surface area contributed by atoms with E-state index in [9.17, 15) is 50.1 Å². The van der Waals surface area contributed by atoms with E-state index in [0.717, 1.165) is 0 Å². The van der Waals surface area contributed by atoms with Crippen LogP contribution in [0.2, 0.25) is 0 Å². The second kappa shape index (κ2) is 7.01. The summed E-state index contributed by atoms with van der Waals surface area (Å²) in [7, 11) is 0. The third kappa shape index (κ3) is 2.78. The number of phenols is 1. The number of rotatable bonds is 2. The molecular weight excluding hydrogens is 460 g/mol. The van der Waals surface area contributed by atoms with Crippen molar-refractivity contribution in [1.82, 2.24) is 0 Å². The molecule has 180 valence electrons. The lowest BCUT2D eigenvalue weighted by molar-refractivity contribution is -0.200. The highest BCUT2D eigenvalue weighted by Crippen LogP contribution is 2.56. The summed E-state index contributed by atoms with van der Waals surface area (Å²) >= 11 is 0. The van der Waals surface area contributed by atoms with Gasteiger partial charge in [0.05, 0.1) is 11.1 Å². The molecule has 5 rings (SSSR count). The smallest absolute Gasteiger partial charge is 0.342 e. The van der Waals surface area contributed by atoms with Crippen LogP contribution < -0.4 is 0 Å². The lowest BCUT2D eigenvalue weighted by Crippen LogP contribution is -2.72. The molecular formula is C25H20O10. The molecule has 0 aromatic heterocycles. The van der Waals surface area contributed by atoms with Crippen LogP contribution in [0.25, 0.3) is 16.9 Å². The van der Waals surface area contributed by atoms with E-state index in [1.165, 1.54) is 6.07 Å². The summed E-state index contributed by atoms with van der Waals surface area (Å²) in [5.41, 5.74) is -9.29. The minimum atomic E-state index is -3.33. The maximum absolute atomic E-state index is 13.5. The molecule has 1 saturated carbocycles. The number of carboxylic acids is 1. The van der Waals surface area contributed by atoms with Crippen molar-refractivity contribution >= 4 is 23.3 Å². The molecule has 2 aromatic carbocycles. The molecule has 1 fully saturated rings. The topological polar surface area (TPSA) is 193 Å². The van der Waals surface area contributed by atoms with Gasteiger partial charge in [0, 0.05) is 19.3 Å². The Morgan fingerprint density at radius 1 is 0.886 bits per heavy atom. The normalized spacial score (nSPS) is 30.0. The van der Waals surface area contributed by atoms with Crippen LogP contribution in [-0.2, 0) is 20.8 Å². The van der Waals surface area contributed by atoms with Crippen LogP contribution in [0.1, 0.15) is 24.0 Å². The Morgan fingerprint density at radius 2 is 1.54 bits per heavy atom. The van der Waals surface area contributed by atoms with Crippen LogP contribution in [0.4, 0.5) is 0 Å². The standard InChI is InChI=1S/C25H20O10/c26-14-7-6-12(11-4-2-1-3-5-11)13-8-23(33)10-24(34)9-15(27)17(22(31)32)20(29)25(24,35)21(30)18(23)19(28)16(13)14/h1-7,26,28-29,33-35H,8-10H2,(H,31,32). The predicted molar refractivity (Wildman–Crippen MR) is 118 cm³/mol. The van der Waals surface area contributed by atoms with E-state index in [1.807, 2.05) is 0 Å². The molecule has 0 aliphatic heterocycles. The molecule has 3 unspecified atom stereocenters. The van der Waals surface area contributed by atoms with E-state index < -0.39 is 82.0 Å². The molecule has 10 heteroatoms. The monoisotopic (exact) mass is 480 g/mol. The quantitative estimate of drug-likeness (QED) is 0.304. The first kappa shape index (κ1) is 22.8. The maximum atomic E-state index is 13.5. The maximum Gasteiger partial charge on any atom is 0.342 e. The summed E-state index contributed by atoms with van der Waals surface area (Å²) in [6.07, 6.45) is -2.38. The Labute approximate surface area is 197 Å². The fourth-order valence-corrected chi connectivity index (χ4v) is 5.58. The van der Waals surface area contributed by atoms with E-state index in [4.69, 9.17) is 0 Å². The van der Waals surface area contributed by atoms with E-state index in [0.29, 0.717) is 11.1 Å². The largest absolute Gasteiger partial charge is 0.508 e. The summed E-state index contributed by atoms with van der Waals surface area (Å²) in [5.74, 6) is -7.65. The average molecular weight is 480 g/mol. The number of phenolic OH excluding ortho intramolecular Hbond substituents is 1. The third-order valence-corrected chi connectivity index (χ3v) is 7.12. The molecule has 35 heavy (non-hydrogen) atoms. The highest BCUT2D eigenvalue weighted by molar-refractivity contribution is 6.22. The number of carbonyl (C=O) groups excluding carboxylic acids is 2. The number of hydrogen-bond acceptors (Lipinski definition) is 9. The van der Waals surface area contributed by atoms with Crippen molar-refractivity contribution in [1.29, 1.82) is 0 Å². The number of carbonyl (C=O) groups is 3. The van der Waals surface area contributed by atoms with Crippen LogP contribution in [0.5, 0.6) is 5.75 Å². The fourth-order valence-electron chi connectivity index (χ4n) is 5.58. The second-order valence-electron chi connectivity index (χ2n) is 9.16. The molecule has 0 saturated heterocycles. The highest BCUT2D eigenvalue weighted by Gasteiger charge is 2.71. The molecule has 10 nitrogen and oxygen atoms in total. The van der Waals surface area contributed by atoms with Crippen molar-refractivity contribution in [3.05, 3.63) is 70.5 Å². The third-order valence-electron chi connectivity index (χ3n) is 7.12. The van der Waals surface area contributed by atoms with E-state index in [-0.39, 0.29) is 11.1 Å². The Balaban J connectivity index is 1.80. The number of aliphatic carboxylic acids is 1. The highest BCUT2D eigenvalue weighted by atomic mass is 16.4. The summed E-state index contributed by atoms with van der Waals surface area (Å²) in [6.45, 7) is 0. The van der Waals surface area contributed by atoms with Gasteiger partial charge in [-0.15, -0.1) is 0 Å². The van der Waals surface area contributed by atoms with Crippen LogP contribution >= 0.6 is 0 Å². The van der Waals surface area contributed by atoms with Crippen molar-refractivity contribution in [2.75, 3.05) is 0 Å². The van der Waals surface area contributed by atoms with Gasteiger partial charge in [-0.05, 0) is 22.8 Å². The van der Waals surface area contributed by atoms with Gasteiger partial charge in [-0.2, -0.15) is 0 Å². The zero-order chi connectivity index (χ0) is 25.5. The van der Waals surface area contributed by atoms with Gasteiger partial charge < -0.3 is 35.7 Å². The van der Waals surface area contributed by atoms with E-state index in [1.54, 1.807) is 36.4 Å². The van der Waals surface area contributed by atoms with Crippen molar-refractivity contribution in [2.24, 2.45) is 0 Å². The molecule has 7 N–H and O–H groups in total. The number of aliphatic hydroxyl groups is 5. The second-order valence-corrected chi connectivity index (χ2v) is 9.16. The summed E-state index contributed by atoms with van der Waals surface area (Å²) < 4.78 is 0. The number of benzene rings is 2. The molecule has 0 spiro atoms. The van der Waals surface area contributed by atoms with E-state index >= 15 is 0 Å². The Bertz CT molecular complexity index is 1400. The van der Waals surface area contributed by atoms with Crippen LogP contribution in [0, 0.1) is 0 Å². The number of ketones is 2. The van der Waals surface area contributed by atoms with Gasteiger partial charge in [0.1, 0.15) is 28.3 Å². The van der Waals surface area contributed by atoms with Gasteiger partial charge in [0.2, 0.25) is 11.4 Å². The summed E-state index contributed by atoms with van der Waals surface area (Å²) in [4.78, 5) is 37.4. The number of fused-ring (bicyclic) bond motifs is 3. The van der Waals surface area contributed by atoms with Crippen molar-refractivity contribution in [3.63, 3.8) is 0 Å². The summed E-state index contributed by atoms with van der Waals surface area (Å²) in [6, 6.07) is 11.6. The zero-order valence-corrected chi connectivity index (χ0v) is 18.0. The number of hydrogen-bond donors (Lipinski definition) is 7. The molecule has 2 aromatic rings. The lowest BCUT2D eigenvalue weighted by Gasteiger charge is -2.54. The van der Waals surface area contributed by atoms with Crippen molar-refractivity contribution in [2.45, 2.75) is 36.1 Å². The minimum absolute atomic E-state index is 0.192. The summed E-state index contributed by atoms with van der Waals surface area (Å²) in [5, 5.41) is 75.5. The Morgan fingerprint density at radius 3 is 2.17 bits per heavy atom. The number of Topliss-reactive ketones (excluding diaryl/α,β-unsaturated/α-hetero) is 2. The molecule has 0 bridgehead atoms. The Hall–Kier alpha value is -3.99. The van der Waals surface area contributed by atoms with Gasteiger partial charge in [-0.1, -0.05) is 36.4 Å².